The molecule has 0 radical (unpaired) electrons. The van der Waals surface area contributed by atoms with Gasteiger partial charge in [0, 0.05) is 31.4 Å². The van der Waals surface area contributed by atoms with Gasteiger partial charge in [0.2, 0.25) is 0 Å². The van der Waals surface area contributed by atoms with Crippen molar-refractivity contribution in [1.29, 1.82) is 0 Å². The van der Waals surface area contributed by atoms with Crippen molar-refractivity contribution < 1.29 is 9.59 Å². The van der Waals surface area contributed by atoms with Crippen LogP contribution in [0.3, 0.4) is 0 Å². The monoisotopic (exact) mass is 362 g/mol. The van der Waals surface area contributed by atoms with Gasteiger partial charge in [0.1, 0.15) is 6.29 Å². The second kappa shape index (κ2) is 9.33. The highest BCUT2D eigenvalue weighted by Crippen LogP contribution is 2.11. The van der Waals surface area contributed by atoms with Gasteiger partial charge in [-0.25, -0.2) is 9.78 Å². The molecule has 138 valence electrons. The molecular weight excluding hydrogens is 340 g/mol. The summed E-state index contributed by atoms with van der Waals surface area (Å²) in [6.07, 6.45) is 4.33. The van der Waals surface area contributed by atoms with Crippen molar-refractivity contribution >= 4 is 12.3 Å². The number of aromatic nitrogens is 2. The van der Waals surface area contributed by atoms with E-state index in [1.54, 1.807) is 17.4 Å². The first-order valence-electron chi connectivity index (χ1n) is 8.80. The summed E-state index contributed by atoms with van der Waals surface area (Å²) < 4.78 is 0. The molecule has 0 unspecified atom stereocenters. The fourth-order valence-corrected chi connectivity index (χ4v) is 2.82. The molecule has 27 heavy (non-hydrogen) atoms. The average Bonchev–Trinajstić information content (AvgIpc) is 3.21. The third-order valence-corrected chi connectivity index (χ3v) is 4.19. The summed E-state index contributed by atoms with van der Waals surface area (Å²) in [5, 5.41) is 2.82. The van der Waals surface area contributed by atoms with Gasteiger partial charge in [-0.15, -0.1) is 0 Å². The van der Waals surface area contributed by atoms with Crippen LogP contribution in [0.15, 0.2) is 73.2 Å². The van der Waals surface area contributed by atoms with Crippen LogP contribution in [0, 0.1) is 0 Å². The van der Waals surface area contributed by atoms with Crippen LogP contribution in [0.2, 0.25) is 0 Å². The van der Waals surface area contributed by atoms with Crippen molar-refractivity contribution in [2.75, 3.05) is 0 Å². The lowest BCUT2D eigenvalue weighted by molar-refractivity contribution is -0.109. The van der Waals surface area contributed by atoms with E-state index in [0.717, 1.165) is 23.1 Å². The number of nitrogens with one attached hydrogen (secondary N) is 2. The largest absolute Gasteiger partial charge is 0.348 e. The van der Waals surface area contributed by atoms with E-state index < -0.39 is 6.04 Å². The Bertz CT molecular complexity index is 794. The number of imidazole rings is 1. The summed E-state index contributed by atoms with van der Waals surface area (Å²) in [5.74, 6) is 0. The topological polar surface area (TPSA) is 78.1 Å². The smallest absolute Gasteiger partial charge is 0.318 e. The molecule has 3 rings (SSSR count). The van der Waals surface area contributed by atoms with Crippen LogP contribution in [0.25, 0.3) is 0 Å². The van der Waals surface area contributed by atoms with Crippen molar-refractivity contribution in [2.45, 2.75) is 25.6 Å². The lowest BCUT2D eigenvalue weighted by Crippen LogP contribution is -2.45. The van der Waals surface area contributed by atoms with Crippen molar-refractivity contribution in [3.05, 3.63) is 90.0 Å². The summed E-state index contributed by atoms with van der Waals surface area (Å²) in [6, 6.07) is 18.7. The molecule has 0 bridgehead atoms. The molecule has 2 aromatic carbocycles. The quantitative estimate of drug-likeness (QED) is 0.605. The maximum atomic E-state index is 12.9. The molecule has 1 aromatic heterocycles. The molecule has 2 N–H and O–H groups in total. The van der Waals surface area contributed by atoms with E-state index in [0.29, 0.717) is 19.5 Å². The third kappa shape index (κ3) is 5.54. The highest BCUT2D eigenvalue weighted by Gasteiger charge is 2.19. The fourth-order valence-electron chi connectivity index (χ4n) is 2.82. The lowest BCUT2D eigenvalue weighted by Gasteiger charge is -2.25. The zero-order chi connectivity index (χ0) is 18.9. The molecular formula is C21H22N4O2. The SMILES string of the molecule is O=C[C@H](Cc1cnc[nH]1)NC(=O)N(Cc1ccccc1)Cc1ccccc1. The van der Waals surface area contributed by atoms with Crippen LogP contribution >= 0.6 is 0 Å². The maximum absolute atomic E-state index is 12.9. The number of carbonyl (C=O) groups is 2. The van der Waals surface area contributed by atoms with Gasteiger partial charge in [0.25, 0.3) is 0 Å². The van der Waals surface area contributed by atoms with Crippen molar-refractivity contribution in [3.8, 4) is 0 Å². The normalized spacial score (nSPS) is 11.6. The molecule has 0 aliphatic rings. The van der Waals surface area contributed by atoms with Gasteiger partial charge >= 0.3 is 6.03 Å². The van der Waals surface area contributed by atoms with Gasteiger partial charge in [0.15, 0.2) is 0 Å². The Morgan fingerprint density at radius 1 is 1.04 bits per heavy atom. The van der Waals surface area contributed by atoms with E-state index in [9.17, 15) is 9.59 Å². The van der Waals surface area contributed by atoms with Gasteiger partial charge in [-0.3, -0.25) is 0 Å². The number of H-pyrrole nitrogens is 1. The lowest BCUT2D eigenvalue weighted by atomic mass is 10.1. The van der Waals surface area contributed by atoms with E-state index in [2.05, 4.69) is 15.3 Å². The molecule has 2 amide bonds. The van der Waals surface area contributed by atoms with E-state index >= 15 is 0 Å². The van der Waals surface area contributed by atoms with Crippen LogP contribution in [0.1, 0.15) is 16.8 Å². The van der Waals surface area contributed by atoms with E-state index in [1.165, 1.54) is 0 Å². The Morgan fingerprint density at radius 2 is 1.63 bits per heavy atom. The molecule has 0 saturated heterocycles. The molecule has 6 nitrogen and oxygen atoms in total. The van der Waals surface area contributed by atoms with Gasteiger partial charge in [-0.2, -0.15) is 0 Å². The zero-order valence-electron chi connectivity index (χ0n) is 14.9. The first-order valence-corrected chi connectivity index (χ1v) is 8.80. The van der Waals surface area contributed by atoms with Crippen LogP contribution < -0.4 is 5.32 Å². The highest BCUT2D eigenvalue weighted by molar-refractivity contribution is 5.78. The predicted molar refractivity (Wildman–Crippen MR) is 103 cm³/mol. The number of hydrogen-bond acceptors (Lipinski definition) is 3. The number of hydrogen-bond donors (Lipinski definition) is 2. The summed E-state index contributed by atoms with van der Waals surface area (Å²) >= 11 is 0. The van der Waals surface area contributed by atoms with Crippen LogP contribution in [0.4, 0.5) is 4.79 Å². The maximum Gasteiger partial charge on any atom is 0.318 e. The second-order valence-electron chi connectivity index (χ2n) is 6.30. The van der Waals surface area contributed by atoms with Gasteiger partial charge in [0.05, 0.1) is 12.4 Å². The standard InChI is InChI=1S/C21H22N4O2/c26-15-20(11-19-12-22-16-23-19)24-21(27)25(13-17-7-3-1-4-8-17)14-18-9-5-2-6-10-18/h1-10,12,15-16,20H,11,13-14H2,(H,22,23)(H,24,27)/t20-/m0/s1. The Morgan fingerprint density at radius 3 is 2.11 bits per heavy atom. The van der Waals surface area contributed by atoms with E-state index in [-0.39, 0.29) is 6.03 Å². The first-order chi connectivity index (χ1) is 13.2. The van der Waals surface area contributed by atoms with Gasteiger partial charge in [-0.05, 0) is 11.1 Å². The molecule has 3 aromatic rings. The number of aldehydes is 1. The minimum absolute atomic E-state index is 0.278. The van der Waals surface area contributed by atoms with Gasteiger partial charge in [-0.1, -0.05) is 60.7 Å². The van der Waals surface area contributed by atoms with Crippen molar-refractivity contribution in [2.24, 2.45) is 0 Å². The number of rotatable bonds is 8. The fraction of sp³-hybridized carbons (Fsp3) is 0.190. The molecule has 0 aliphatic carbocycles. The molecule has 0 spiro atoms. The third-order valence-electron chi connectivity index (χ3n) is 4.19. The summed E-state index contributed by atoms with van der Waals surface area (Å²) in [4.78, 5) is 32.9. The summed E-state index contributed by atoms with van der Waals surface area (Å²) in [6.45, 7) is 0.911. The van der Waals surface area contributed by atoms with Crippen LogP contribution in [0.5, 0.6) is 0 Å². The molecule has 0 saturated carbocycles. The Kier molecular flexibility index (Phi) is 6.35. The van der Waals surface area contributed by atoms with Crippen LogP contribution in [-0.2, 0) is 24.3 Å². The molecule has 0 aliphatic heterocycles. The summed E-state index contributed by atoms with van der Waals surface area (Å²) in [7, 11) is 0. The Labute approximate surface area is 158 Å². The molecule has 1 atom stereocenters. The van der Waals surface area contributed by atoms with E-state index in [1.807, 2.05) is 60.7 Å². The minimum atomic E-state index is -0.619. The predicted octanol–water partition coefficient (Wildman–Crippen LogP) is 2.93. The molecule has 6 heteroatoms. The average molecular weight is 362 g/mol. The van der Waals surface area contributed by atoms with E-state index in [4.69, 9.17) is 0 Å². The second-order valence-corrected chi connectivity index (χ2v) is 6.30. The molecule has 1 heterocycles. The number of benzene rings is 2. The number of amides is 2. The van der Waals surface area contributed by atoms with Crippen molar-refractivity contribution in [1.82, 2.24) is 20.2 Å². The van der Waals surface area contributed by atoms with Gasteiger partial charge < -0.3 is 20.0 Å². The minimum Gasteiger partial charge on any atom is -0.348 e. The van der Waals surface area contributed by atoms with Crippen LogP contribution in [-0.4, -0.2) is 33.2 Å². The molecule has 0 fully saturated rings. The number of nitrogens with zero attached hydrogens (tertiary/aromatic N) is 2. The first kappa shape index (κ1) is 18.4. The highest BCUT2D eigenvalue weighted by atomic mass is 16.2. The Balaban J connectivity index is 1.71. The summed E-state index contributed by atoms with van der Waals surface area (Å²) in [5.41, 5.74) is 2.85. The number of urea groups is 1. The number of aromatic amines is 1. The number of carbonyl (C=O) groups excluding carboxylic acids is 2. The Hall–Kier alpha value is -3.41. The zero-order valence-corrected chi connectivity index (χ0v) is 14.9. The van der Waals surface area contributed by atoms with Crippen molar-refractivity contribution in [3.63, 3.8) is 0 Å².